The number of fused-ring (bicyclic) bond motifs is 2. The maximum Gasteiger partial charge on any atom is 0.0797 e. The van der Waals surface area contributed by atoms with E-state index in [1.165, 1.54) is 33.0 Å². The summed E-state index contributed by atoms with van der Waals surface area (Å²) in [6.07, 6.45) is 2.22. The van der Waals surface area contributed by atoms with Crippen molar-refractivity contribution in [3.63, 3.8) is 0 Å². The molecule has 0 amide bonds. The van der Waals surface area contributed by atoms with Crippen molar-refractivity contribution in [2.24, 2.45) is 0 Å². The Labute approximate surface area is 150 Å². The molecule has 23 heavy (non-hydrogen) atoms. The largest absolute Gasteiger partial charge is 0.341 e. The van der Waals surface area contributed by atoms with Gasteiger partial charge in [-0.2, -0.15) is 0 Å². The molecule has 1 unspecified atom stereocenters. The lowest BCUT2D eigenvalue weighted by atomic mass is 10.0. The fourth-order valence-corrected chi connectivity index (χ4v) is 5.07. The molecule has 2 aliphatic rings. The van der Waals surface area contributed by atoms with E-state index in [9.17, 15) is 0 Å². The Hall–Kier alpha value is -0.750. The minimum atomic E-state index is 0.461. The van der Waals surface area contributed by atoms with Crippen molar-refractivity contribution in [3.8, 4) is 0 Å². The van der Waals surface area contributed by atoms with Crippen LogP contribution in [0.15, 0.2) is 50.9 Å². The molecule has 0 radical (unpaired) electrons. The summed E-state index contributed by atoms with van der Waals surface area (Å²) in [6.45, 7) is 9.15. The molecule has 0 bridgehead atoms. The lowest BCUT2D eigenvalue weighted by Crippen LogP contribution is -2.48. The van der Waals surface area contributed by atoms with E-state index in [1.807, 2.05) is 11.8 Å². The molecule has 1 atom stereocenters. The van der Waals surface area contributed by atoms with Crippen LogP contribution in [0.2, 0.25) is 0 Å². The zero-order chi connectivity index (χ0) is 15.8. The second-order valence-electron chi connectivity index (χ2n) is 6.27. The molecule has 0 saturated carbocycles. The van der Waals surface area contributed by atoms with E-state index in [-0.39, 0.29) is 0 Å². The van der Waals surface area contributed by atoms with Crippen molar-refractivity contribution in [1.29, 1.82) is 0 Å². The van der Waals surface area contributed by atoms with Crippen LogP contribution in [-0.2, 0) is 6.54 Å². The molecule has 122 valence electrons. The van der Waals surface area contributed by atoms with Gasteiger partial charge in [-0.15, -0.1) is 0 Å². The van der Waals surface area contributed by atoms with E-state index in [2.05, 4.69) is 73.7 Å². The van der Waals surface area contributed by atoms with Crippen LogP contribution in [0.25, 0.3) is 0 Å². The van der Waals surface area contributed by atoms with Crippen molar-refractivity contribution < 1.29 is 0 Å². The molecular formula is C18H22BrN3S. The Kier molecular flexibility index (Phi) is 4.54. The number of halogens is 1. The van der Waals surface area contributed by atoms with Gasteiger partial charge in [-0.3, -0.25) is 4.90 Å². The van der Waals surface area contributed by atoms with Crippen LogP contribution in [0.4, 0.5) is 0 Å². The van der Waals surface area contributed by atoms with Crippen LogP contribution in [0.1, 0.15) is 18.5 Å². The molecule has 0 aliphatic carbocycles. The van der Waals surface area contributed by atoms with Crippen LogP contribution in [-0.4, -0.2) is 47.1 Å². The molecule has 1 aromatic carbocycles. The number of piperazine rings is 1. The summed E-state index contributed by atoms with van der Waals surface area (Å²) in [6, 6.07) is 11.6. The summed E-state index contributed by atoms with van der Waals surface area (Å²) in [4.78, 5) is 6.62. The van der Waals surface area contributed by atoms with Crippen molar-refractivity contribution in [3.05, 3.63) is 46.6 Å². The first kappa shape index (κ1) is 15.8. The molecule has 2 aromatic rings. The fraction of sp³-hybridized carbons (Fsp3) is 0.444. The number of benzene rings is 1. The third-order valence-electron chi connectivity index (χ3n) is 5.00. The molecule has 1 aromatic heterocycles. The quantitative estimate of drug-likeness (QED) is 0.763. The van der Waals surface area contributed by atoms with Crippen LogP contribution >= 0.6 is 27.7 Å². The molecule has 5 heteroatoms. The number of nitrogens with zero attached hydrogens (tertiary/aromatic N) is 3. The van der Waals surface area contributed by atoms with E-state index in [0.717, 1.165) is 26.2 Å². The summed E-state index contributed by atoms with van der Waals surface area (Å²) in [5, 5.41) is 1.35. The van der Waals surface area contributed by atoms with E-state index in [1.54, 1.807) is 0 Å². The zero-order valence-corrected chi connectivity index (χ0v) is 15.8. The van der Waals surface area contributed by atoms with E-state index in [4.69, 9.17) is 0 Å². The Morgan fingerprint density at radius 2 is 2.00 bits per heavy atom. The van der Waals surface area contributed by atoms with E-state index in [0.29, 0.717) is 6.04 Å². The molecule has 0 N–H and O–H groups in total. The van der Waals surface area contributed by atoms with Crippen LogP contribution < -0.4 is 0 Å². The number of hydrogen-bond acceptors (Lipinski definition) is 3. The van der Waals surface area contributed by atoms with Gasteiger partial charge in [0.25, 0.3) is 0 Å². The van der Waals surface area contributed by atoms with Gasteiger partial charge in [-0.1, -0.05) is 34.6 Å². The van der Waals surface area contributed by atoms with Gasteiger partial charge in [0.2, 0.25) is 0 Å². The highest BCUT2D eigenvalue weighted by Crippen LogP contribution is 2.41. The van der Waals surface area contributed by atoms with Gasteiger partial charge in [0.05, 0.1) is 11.1 Å². The van der Waals surface area contributed by atoms with Gasteiger partial charge in [0.1, 0.15) is 0 Å². The second-order valence-corrected chi connectivity index (χ2v) is 8.25. The lowest BCUT2D eigenvalue weighted by molar-refractivity contribution is 0.0895. The molecule has 4 rings (SSSR count). The van der Waals surface area contributed by atoms with E-state index >= 15 is 0 Å². The molecule has 3 nitrogen and oxygen atoms in total. The maximum atomic E-state index is 3.67. The Balaban J connectivity index is 1.69. The van der Waals surface area contributed by atoms with Crippen LogP contribution in [0, 0.1) is 0 Å². The predicted octanol–water partition coefficient (Wildman–Crippen LogP) is 4.09. The Morgan fingerprint density at radius 1 is 1.17 bits per heavy atom. The van der Waals surface area contributed by atoms with Crippen LogP contribution in [0.5, 0.6) is 0 Å². The molecule has 0 spiro atoms. The minimum absolute atomic E-state index is 0.461. The molecule has 1 fully saturated rings. The topological polar surface area (TPSA) is 11.4 Å². The summed E-state index contributed by atoms with van der Waals surface area (Å²) >= 11 is 5.57. The van der Waals surface area contributed by atoms with Crippen molar-refractivity contribution in [2.45, 2.75) is 29.4 Å². The maximum absolute atomic E-state index is 3.67. The smallest absolute Gasteiger partial charge is 0.0797 e. The first-order valence-electron chi connectivity index (χ1n) is 8.33. The predicted molar refractivity (Wildman–Crippen MR) is 99.1 cm³/mol. The highest BCUT2D eigenvalue weighted by Gasteiger charge is 2.29. The summed E-state index contributed by atoms with van der Waals surface area (Å²) in [5.41, 5.74) is 1.47. The third kappa shape index (κ3) is 3.12. The van der Waals surface area contributed by atoms with Crippen molar-refractivity contribution in [2.75, 3.05) is 32.7 Å². The molecule has 1 saturated heterocycles. The van der Waals surface area contributed by atoms with Gasteiger partial charge in [0.15, 0.2) is 0 Å². The summed E-state index contributed by atoms with van der Waals surface area (Å²) in [5.74, 6) is 0. The van der Waals surface area contributed by atoms with E-state index < -0.39 is 0 Å². The summed E-state index contributed by atoms with van der Waals surface area (Å²) < 4.78 is 3.59. The molecule has 2 aliphatic heterocycles. The number of likely N-dealkylation sites (N-methyl/N-ethyl adjacent to an activating group) is 1. The van der Waals surface area contributed by atoms with Crippen molar-refractivity contribution >= 4 is 27.7 Å². The first-order chi connectivity index (χ1) is 11.2. The first-order valence-corrected chi connectivity index (χ1v) is 9.94. The normalized spacial score (nSPS) is 22.4. The Bertz CT molecular complexity index is 691. The van der Waals surface area contributed by atoms with Gasteiger partial charge in [-0.05, 0) is 42.4 Å². The number of hydrogen-bond donors (Lipinski definition) is 0. The third-order valence-corrected chi connectivity index (χ3v) is 6.66. The van der Waals surface area contributed by atoms with Gasteiger partial charge < -0.3 is 9.47 Å². The molecular weight excluding hydrogens is 370 g/mol. The molecule has 3 heterocycles. The highest BCUT2D eigenvalue weighted by molar-refractivity contribution is 9.10. The van der Waals surface area contributed by atoms with Gasteiger partial charge >= 0.3 is 0 Å². The minimum Gasteiger partial charge on any atom is -0.341 e. The average molecular weight is 392 g/mol. The van der Waals surface area contributed by atoms with Crippen LogP contribution in [0.3, 0.4) is 0 Å². The Morgan fingerprint density at radius 3 is 2.78 bits per heavy atom. The monoisotopic (exact) mass is 391 g/mol. The SMILES string of the molecule is CCN1CCN(C2Cn3cccc3Sc3ccc(Br)cc32)CC1. The summed E-state index contributed by atoms with van der Waals surface area (Å²) in [7, 11) is 0. The average Bonchev–Trinajstić information content (AvgIpc) is 2.95. The zero-order valence-electron chi connectivity index (χ0n) is 13.4. The number of rotatable bonds is 2. The lowest BCUT2D eigenvalue weighted by Gasteiger charge is -2.39. The van der Waals surface area contributed by atoms with Gasteiger partial charge in [0, 0.05) is 48.3 Å². The van der Waals surface area contributed by atoms with Crippen molar-refractivity contribution in [1.82, 2.24) is 14.4 Å². The second kappa shape index (κ2) is 6.63. The highest BCUT2D eigenvalue weighted by atomic mass is 79.9. The standard InChI is InChI=1S/C18H22BrN3S/c1-2-20-8-10-21(11-9-20)16-13-22-7-3-4-18(22)23-17-6-5-14(19)12-15(16)17/h3-7,12,16H,2,8-11,13H2,1H3. The number of aromatic nitrogens is 1. The fourth-order valence-electron chi connectivity index (χ4n) is 3.62. The van der Waals surface area contributed by atoms with Gasteiger partial charge in [-0.25, -0.2) is 0 Å².